The molecule has 1 aliphatic heterocycles. The molecule has 0 aliphatic carbocycles. The highest BCUT2D eigenvalue weighted by molar-refractivity contribution is 5.89. The van der Waals surface area contributed by atoms with E-state index in [-0.39, 0.29) is 30.7 Å². The van der Waals surface area contributed by atoms with Crippen molar-refractivity contribution in [3.05, 3.63) is 95.3 Å². The monoisotopic (exact) mass is 515 g/mol. The molecule has 1 N–H and O–H groups in total. The van der Waals surface area contributed by atoms with Crippen LogP contribution in [0.25, 0.3) is 11.0 Å². The van der Waals surface area contributed by atoms with E-state index in [0.29, 0.717) is 24.2 Å². The number of fused-ring (bicyclic) bond motifs is 1. The molecule has 38 heavy (non-hydrogen) atoms. The van der Waals surface area contributed by atoms with Crippen molar-refractivity contribution < 1.29 is 18.7 Å². The third-order valence-electron chi connectivity index (χ3n) is 6.79. The summed E-state index contributed by atoms with van der Waals surface area (Å²) in [5.74, 6) is -1.41. The van der Waals surface area contributed by atoms with Gasteiger partial charge in [0, 0.05) is 25.3 Å². The van der Waals surface area contributed by atoms with Crippen LogP contribution in [0.5, 0.6) is 0 Å². The quantitative estimate of drug-likeness (QED) is 0.365. The summed E-state index contributed by atoms with van der Waals surface area (Å²) in [6, 6.07) is 19.9. The van der Waals surface area contributed by atoms with Crippen molar-refractivity contribution in [2.75, 3.05) is 13.2 Å². The van der Waals surface area contributed by atoms with Crippen LogP contribution in [-0.4, -0.2) is 51.0 Å². The Hall–Kier alpha value is -4.11. The van der Waals surface area contributed by atoms with E-state index in [1.807, 2.05) is 55.5 Å². The fourth-order valence-electron chi connectivity index (χ4n) is 4.73. The average Bonchev–Trinajstić information content (AvgIpc) is 3.60. The zero-order valence-corrected chi connectivity index (χ0v) is 21.2. The van der Waals surface area contributed by atoms with Gasteiger partial charge in [-0.25, -0.2) is 9.07 Å². The third-order valence-corrected chi connectivity index (χ3v) is 6.79. The molecule has 0 spiro atoms. The van der Waals surface area contributed by atoms with Gasteiger partial charge in [-0.2, -0.15) is 0 Å². The molecule has 0 bridgehead atoms. The van der Waals surface area contributed by atoms with Crippen molar-refractivity contribution in [3.63, 3.8) is 0 Å². The Morgan fingerprint density at radius 1 is 1.11 bits per heavy atom. The van der Waals surface area contributed by atoms with Crippen LogP contribution in [-0.2, 0) is 27.4 Å². The van der Waals surface area contributed by atoms with E-state index in [9.17, 15) is 9.59 Å². The van der Waals surface area contributed by atoms with E-state index < -0.39 is 17.8 Å². The van der Waals surface area contributed by atoms with Crippen molar-refractivity contribution in [2.24, 2.45) is 0 Å². The van der Waals surface area contributed by atoms with E-state index >= 15 is 4.39 Å². The van der Waals surface area contributed by atoms with E-state index in [1.165, 1.54) is 15.6 Å². The molecule has 1 fully saturated rings. The maximum Gasteiger partial charge on any atom is 0.247 e. The summed E-state index contributed by atoms with van der Waals surface area (Å²) >= 11 is 0. The van der Waals surface area contributed by atoms with Crippen LogP contribution in [0.15, 0.2) is 72.8 Å². The topological polar surface area (TPSA) is 89.4 Å². The van der Waals surface area contributed by atoms with Gasteiger partial charge in [0.1, 0.15) is 23.9 Å². The summed E-state index contributed by atoms with van der Waals surface area (Å²) in [7, 11) is 0. The number of halogens is 1. The highest BCUT2D eigenvalue weighted by Crippen LogP contribution is 2.27. The Bertz CT molecular complexity index is 1420. The predicted molar refractivity (Wildman–Crippen MR) is 140 cm³/mol. The van der Waals surface area contributed by atoms with Crippen LogP contribution in [0.2, 0.25) is 0 Å². The lowest BCUT2D eigenvalue weighted by Crippen LogP contribution is -2.46. The number of aromatic nitrogens is 3. The number of ether oxygens (including phenoxy) is 1. The number of nitrogens with one attached hydrogen (secondary N) is 1. The van der Waals surface area contributed by atoms with Gasteiger partial charge in [-0.05, 0) is 43.5 Å². The molecule has 2 heterocycles. The molecule has 1 aliphatic rings. The van der Waals surface area contributed by atoms with Crippen molar-refractivity contribution in [1.29, 1.82) is 0 Å². The molecule has 0 saturated carbocycles. The molecule has 2 atom stereocenters. The second kappa shape index (κ2) is 11.5. The van der Waals surface area contributed by atoms with E-state index in [0.717, 1.165) is 24.0 Å². The number of aryl methyl sites for hydroxylation is 1. The minimum Gasteiger partial charge on any atom is -0.376 e. The van der Waals surface area contributed by atoms with Crippen LogP contribution >= 0.6 is 0 Å². The first-order chi connectivity index (χ1) is 18.5. The Morgan fingerprint density at radius 2 is 1.87 bits per heavy atom. The molecular weight excluding hydrogens is 485 g/mol. The number of para-hydroxylation sites is 1. The first-order valence-corrected chi connectivity index (χ1v) is 12.8. The summed E-state index contributed by atoms with van der Waals surface area (Å²) in [5, 5.41) is 11.2. The SMILES string of the molecule is Cc1ccc(CN(C(=O)Cn2nnc3ccccc32)[C@H](C(=O)NC[C@H]2CCCO2)c2ccccc2F)cc1. The largest absolute Gasteiger partial charge is 0.376 e. The van der Waals surface area contributed by atoms with Crippen LogP contribution in [0.1, 0.15) is 35.6 Å². The normalized spacial score (nSPS) is 15.9. The van der Waals surface area contributed by atoms with E-state index in [2.05, 4.69) is 15.6 Å². The molecule has 2 amide bonds. The van der Waals surface area contributed by atoms with Gasteiger partial charge in [-0.1, -0.05) is 65.4 Å². The number of hydrogen-bond donors (Lipinski definition) is 1. The molecular formula is C29H30FN5O3. The molecule has 0 unspecified atom stereocenters. The number of carbonyl (C=O) groups excluding carboxylic acids is 2. The lowest BCUT2D eigenvalue weighted by molar-refractivity contribution is -0.142. The number of rotatable bonds is 9. The van der Waals surface area contributed by atoms with Crippen molar-refractivity contribution in [1.82, 2.24) is 25.2 Å². The molecule has 5 rings (SSSR count). The van der Waals surface area contributed by atoms with Crippen LogP contribution < -0.4 is 5.32 Å². The maximum atomic E-state index is 15.2. The Labute approximate surface area is 220 Å². The summed E-state index contributed by atoms with van der Waals surface area (Å²) in [6.45, 7) is 2.88. The smallest absolute Gasteiger partial charge is 0.247 e. The lowest BCUT2D eigenvalue weighted by Gasteiger charge is -2.32. The van der Waals surface area contributed by atoms with Gasteiger partial charge in [0.05, 0.1) is 11.6 Å². The summed E-state index contributed by atoms with van der Waals surface area (Å²) in [5.41, 5.74) is 3.37. The summed E-state index contributed by atoms with van der Waals surface area (Å²) in [4.78, 5) is 29.0. The number of hydrogen-bond acceptors (Lipinski definition) is 5. The number of amides is 2. The minimum absolute atomic E-state index is 0.0945. The van der Waals surface area contributed by atoms with Gasteiger partial charge in [0.2, 0.25) is 11.8 Å². The van der Waals surface area contributed by atoms with Gasteiger partial charge < -0.3 is 15.0 Å². The second-order valence-electron chi connectivity index (χ2n) is 9.55. The summed E-state index contributed by atoms with van der Waals surface area (Å²) < 4.78 is 22.3. The number of benzene rings is 3. The predicted octanol–water partition coefficient (Wildman–Crippen LogP) is 3.94. The molecule has 1 saturated heterocycles. The van der Waals surface area contributed by atoms with Crippen LogP contribution in [0.4, 0.5) is 4.39 Å². The zero-order valence-electron chi connectivity index (χ0n) is 21.2. The molecule has 3 aromatic carbocycles. The third kappa shape index (κ3) is 5.73. The number of nitrogens with zero attached hydrogens (tertiary/aromatic N) is 4. The highest BCUT2D eigenvalue weighted by atomic mass is 19.1. The van der Waals surface area contributed by atoms with E-state index in [4.69, 9.17) is 4.74 Å². The molecule has 4 aromatic rings. The van der Waals surface area contributed by atoms with Gasteiger partial charge in [-0.3, -0.25) is 9.59 Å². The molecule has 0 radical (unpaired) electrons. The minimum atomic E-state index is -1.19. The van der Waals surface area contributed by atoms with Crippen LogP contribution in [0.3, 0.4) is 0 Å². The highest BCUT2D eigenvalue weighted by Gasteiger charge is 2.34. The molecule has 1 aromatic heterocycles. The first kappa shape index (κ1) is 25.5. The van der Waals surface area contributed by atoms with Gasteiger partial charge in [-0.15, -0.1) is 5.10 Å². The van der Waals surface area contributed by atoms with Crippen molar-refractivity contribution in [3.8, 4) is 0 Å². The zero-order chi connectivity index (χ0) is 26.5. The van der Waals surface area contributed by atoms with Gasteiger partial charge >= 0.3 is 0 Å². The first-order valence-electron chi connectivity index (χ1n) is 12.8. The van der Waals surface area contributed by atoms with E-state index in [1.54, 1.807) is 18.2 Å². The van der Waals surface area contributed by atoms with Crippen LogP contribution in [0, 0.1) is 12.7 Å². The molecule has 8 nitrogen and oxygen atoms in total. The maximum absolute atomic E-state index is 15.2. The summed E-state index contributed by atoms with van der Waals surface area (Å²) in [6.07, 6.45) is 1.68. The van der Waals surface area contributed by atoms with Gasteiger partial charge in [0.15, 0.2) is 0 Å². The Balaban J connectivity index is 1.50. The standard InChI is InChI=1S/C29H30FN5O3/c1-20-12-14-21(15-13-20)18-34(27(36)19-35-26-11-5-4-10-25(26)32-33-35)28(23-8-2-3-9-24(23)30)29(37)31-17-22-7-6-16-38-22/h2-5,8-15,22,28H,6-7,16-19H2,1H3,(H,31,37)/t22-,28+/m1/s1. The fraction of sp³-hybridized carbons (Fsp3) is 0.310. The average molecular weight is 516 g/mol. The lowest BCUT2D eigenvalue weighted by atomic mass is 10.0. The van der Waals surface area contributed by atoms with Gasteiger partial charge in [0.25, 0.3) is 0 Å². The number of carbonyl (C=O) groups is 2. The second-order valence-corrected chi connectivity index (χ2v) is 9.55. The Kier molecular flexibility index (Phi) is 7.74. The Morgan fingerprint density at radius 3 is 2.63 bits per heavy atom. The molecule has 9 heteroatoms. The fourth-order valence-corrected chi connectivity index (χ4v) is 4.73. The van der Waals surface area contributed by atoms with Crippen molar-refractivity contribution >= 4 is 22.8 Å². The molecule has 196 valence electrons. The van der Waals surface area contributed by atoms with Crippen molar-refractivity contribution in [2.45, 2.75) is 45.0 Å².